The lowest BCUT2D eigenvalue weighted by atomic mass is 9.98. The van der Waals surface area contributed by atoms with Gasteiger partial charge in [-0.05, 0) is 30.7 Å². The van der Waals surface area contributed by atoms with Crippen LogP contribution in [-0.2, 0) is 0 Å². The largest absolute Gasteiger partial charge is 0.398 e. The van der Waals surface area contributed by atoms with Crippen LogP contribution < -0.4 is 11.3 Å². The summed E-state index contributed by atoms with van der Waals surface area (Å²) in [5.74, 6) is 0.568. The number of aryl methyl sites for hydroxylation is 1. The number of fused-ring (bicyclic) bond motifs is 1. The van der Waals surface area contributed by atoms with Crippen molar-refractivity contribution in [1.82, 2.24) is 9.97 Å². The van der Waals surface area contributed by atoms with Gasteiger partial charge in [-0.15, -0.1) is 0 Å². The first-order valence-corrected chi connectivity index (χ1v) is 6.91. The van der Waals surface area contributed by atoms with E-state index < -0.39 is 0 Å². The molecule has 1 atom stereocenters. The van der Waals surface area contributed by atoms with Crippen molar-refractivity contribution >= 4 is 16.6 Å². The number of aromatic amines is 1. The van der Waals surface area contributed by atoms with E-state index in [1.165, 1.54) is 0 Å². The Kier molecular flexibility index (Phi) is 3.22. The van der Waals surface area contributed by atoms with Gasteiger partial charge >= 0.3 is 0 Å². The summed E-state index contributed by atoms with van der Waals surface area (Å²) in [6.07, 6.45) is 0. The Morgan fingerprint density at radius 3 is 2.71 bits per heavy atom. The summed E-state index contributed by atoms with van der Waals surface area (Å²) in [5.41, 5.74) is 9.32. The predicted octanol–water partition coefficient (Wildman–Crippen LogP) is 2.97. The first-order chi connectivity index (χ1) is 10.1. The van der Waals surface area contributed by atoms with E-state index in [1.807, 2.05) is 56.3 Å². The van der Waals surface area contributed by atoms with Crippen molar-refractivity contribution in [1.29, 1.82) is 0 Å². The lowest BCUT2D eigenvalue weighted by Crippen LogP contribution is -2.15. The van der Waals surface area contributed by atoms with Crippen LogP contribution in [0.15, 0.2) is 47.3 Å². The summed E-state index contributed by atoms with van der Waals surface area (Å²) in [6, 6.07) is 13.3. The van der Waals surface area contributed by atoms with Crippen LogP contribution in [0.1, 0.15) is 29.8 Å². The summed E-state index contributed by atoms with van der Waals surface area (Å²) in [5, 5.41) is 0.618. The zero-order valence-electron chi connectivity index (χ0n) is 12.1. The fourth-order valence-corrected chi connectivity index (χ4v) is 2.53. The molecule has 0 radical (unpaired) electrons. The number of para-hydroxylation sites is 1. The molecule has 0 bridgehead atoms. The number of nitrogens with two attached hydrogens (primary N) is 1. The molecular weight excluding hydrogens is 262 g/mol. The fourth-order valence-electron chi connectivity index (χ4n) is 2.53. The number of hydrogen-bond acceptors (Lipinski definition) is 3. The van der Waals surface area contributed by atoms with Crippen LogP contribution in [0.4, 0.5) is 5.69 Å². The average Bonchev–Trinajstić information content (AvgIpc) is 2.47. The van der Waals surface area contributed by atoms with Crippen LogP contribution in [0.25, 0.3) is 10.9 Å². The van der Waals surface area contributed by atoms with Crippen molar-refractivity contribution in [2.45, 2.75) is 19.8 Å². The van der Waals surface area contributed by atoms with Gasteiger partial charge in [0, 0.05) is 11.6 Å². The molecule has 3 rings (SSSR count). The number of anilines is 1. The Bertz CT molecular complexity index is 867. The number of H-pyrrole nitrogens is 1. The molecule has 4 heteroatoms. The number of nitrogens with zero attached hydrogens (tertiary/aromatic N) is 1. The fraction of sp³-hybridized carbons (Fsp3) is 0.176. The van der Waals surface area contributed by atoms with E-state index in [0.717, 1.165) is 11.1 Å². The summed E-state index contributed by atoms with van der Waals surface area (Å²) < 4.78 is 0. The van der Waals surface area contributed by atoms with Gasteiger partial charge < -0.3 is 10.7 Å². The second-order valence-electron chi connectivity index (χ2n) is 5.32. The second-order valence-corrected chi connectivity index (χ2v) is 5.32. The zero-order valence-corrected chi connectivity index (χ0v) is 12.1. The molecular formula is C17H17N3O. The quantitative estimate of drug-likeness (QED) is 0.708. The zero-order chi connectivity index (χ0) is 15.0. The van der Waals surface area contributed by atoms with Crippen LogP contribution in [-0.4, -0.2) is 9.97 Å². The van der Waals surface area contributed by atoms with E-state index in [-0.39, 0.29) is 11.5 Å². The summed E-state index contributed by atoms with van der Waals surface area (Å²) >= 11 is 0. The molecule has 0 saturated heterocycles. The van der Waals surface area contributed by atoms with Crippen molar-refractivity contribution in [3.8, 4) is 0 Å². The molecule has 106 valence electrons. The number of nitrogens with one attached hydrogen (secondary N) is 1. The normalized spacial score (nSPS) is 12.5. The summed E-state index contributed by atoms with van der Waals surface area (Å²) in [7, 11) is 0. The van der Waals surface area contributed by atoms with Gasteiger partial charge in [-0.3, -0.25) is 4.79 Å². The third-order valence-corrected chi connectivity index (χ3v) is 3.75. The first-order valence-electron chi connectivity index (χ1n) is 6.91. The minimum absolute atomic E-state index is 0.0652. The number of rotatable bonds is 2. The number of nitrogen functional groups attached to an aromatic ring is 1. The van der Waals surface area contributed by atoms with Crippen molar-refractivity contribution in [3.05, 3.63) is 69.8 Å². The molecule has 3 aromatic rings. The molecule has 0 fully saturated rings. The van der Waals surface area contributed by atoms with Gasteiger partial charge in [-0.25, -0.2) is 4.98 Å². The van der Waals surface area contributed by atoms with Crippen LogP contribution in [0.5, 0.6) is 0 Å². The summed E-state index contributed by atoms with van der Waals surface area (Å²) in [6.45, 7) is 3.95. The van der Waals surface area contributed by atoms with E-state index in [9.17, 15) is 4.79 Å². The van der Waals surface area contributed by atoms with Crippen LogP contribution in [0.2, 0.25) is 0 Å². The highest BCUT2D eigenvalue weighted by Gasteiger charge is 2.15. The molecule has 3 N–H and O–H groups in total. The maximum absolute atomic E-state index is 12.2. The Morgan fingerprint density at radius 2 is 1.95 bits per heavy atom. The smallest absolute Gasteiger partial charge is 0.258 e. The minimum Gasteiger partial charge on any atom is -0.398 e. The highest BCUT2D eigenvalue weighted by atomic mass is 16.1. The Morgan fingerprint density at radius 1 is 1.19 bits per heavy atom. The van der Waals surface area contributed by atoms with E-state index in [2.05, 4.69) is 9.97 Å². The molecule has 1 aromatic heterocycles. The molecule has 21 heavy (non-hydrogen) atoms. The van der Waals surface area contributed by atoms with Gasteiger partial charge in [0.2, 0.25) is 0 Å². The van der Waals surface area contributed by atoms with Gasteiger partial charge in [0.1, 0.15) is 5.82 Å². The van der Waals surface area contributed by atoms with Crippen molar-refractivity contribution in [3.63, 3.8) is 0 Å². The van der Waals surface area contributed by atoms with E-state index >= 15 is 0 Å². The van der Waals surface area contributed by atoms with Gasteiger partial charge in [0.05, 0.1) is 10.9 Å². The van der Waals surface area contributed by atoms with Crippen molar-refractivity contribution in [2.75, 3.05) is 5.73 Å². The number of benzene rings is 2. The van der Waals surface area contributed by atoms with Crippen LogP contribution in [0, 0.1) is 6.92 Å². The molecule has 0 spiro atoms. The number of hydrogen-bond donors (Lipinski definition) is 2. The molecule has 0 saturated carbocycles. The Balaban J connectivity index is 2.15. The van der Waals surface area contributed by atoms with Crippen LogP contribution >= 0.6 is 0 Å². The molecule has 1 heterocycles. The molecule has 0 amide bonds. The molecule has 4 nitrogen and oxygen atoms in total. The van der Waals surface area contributed by atoms with Crippen molar-refractivity contribution in [2.24, 2.45) is 0 Å². The standard InChI is InChI=1S/C17H17N3O/c1-10-7-8-15-13(9-10)17(21)20-16(19-15)11(2)12-5-3-4-6-14(12)18/h3-9,11H,18H2,1-2H3,(H,19,20,21). The van der Waals surface area contributed by atoms with E-state index in [4.69, 9.17) is 5.73 Å². The first kappa shape index (κ1) is 13.4. The van der Waals surface area contributed by atoms with Crippen molar-refractivity contribution < 1.29 is 0 Å². The lowest BCUT2D eigenvalue weighted by Gasteiger charge is -2.14. The van der Waals surface area contributed by atoms with E-state index in [0.29, 0.717) is 22.4 Å². The lowest BCUT2D eigenvalue weighted by molar-refractivity contribution is 0.820. The topological polar surface area (TPSA) is 71.8 Å². The van der Waals surface area contributed by atoms with E-state index in [1.54, 1.807) is 0 Å². The minimum atomic E-state index is -0.111. The summed E-state index contributed by atoms with van der Waals surface area (Å²) in [4.78, 5) is 19.7. The predicted molar refractivity (Wildman–Crippen MR) is 85.5 cm³/mol. The molecule has 0 aliphatic carbocycles. The average molecular weight is 279 g/mol. The third-order valence-electron chi connectivity index (χ3n) is 3.75. The van der Waals surface area contributed by atoms with Gasteiger partial charge in [0.25, 0.3) is 5.56 Å². The highest BCUT2D eigenvalue weighted by molar-refractivity contribution is 5.78. The van der Waals surface area contributed by atoms with Gasteiger partial charge in [0.15, 0.2) is 0 Å². The maximum Gasteiger partial charge on any atom is 0.258 e. The third kappa shape index (κ3) is 2.40. The molecule has 0 aliphatic heterocycles. The van der Waals surface area contributed by atoms with Gasteiger partial charge in [-0.2, -0.15) is 0 Å². The Labute approximate surface area is 122 Å². The molecule has 1 unspecified atom stereocenters. The van der Waals surface area contributed by atoms with Gasteiger partial charge in [-0.1, -0.05) is 36.8 Å². The Hall–Kier alpha value is -2.62. The number of aromatic nitrogens is 2. The monoisotopic (exact) mass is 279 g/mol. The SMILES string of the molecule is Cc1ccc2nc(C(C)c3ccccc3N)[nH]c(=O)c2c1. The second kappa shape index (κ2) is 5.05. The molecule has 0 aliphatic rings. The maximum atomic E-state index is 12.2. The highest BCUT2D eigenvalue weighted by Crippen LogP contribution is 2.26. The van der Waals surface area contributed by atoms with Crippen LogP contribution in [0.3, 0.4) is 0 Å². The molecule has 2 aromatic carbocycles.